The fourth-order valence-corrected chi connectivity index (χ4v) is 2.91. The summed E-state index contributed by atoms with van der Waals surface area (Å²) in [4.78, 5) is 10.4. The number of benzene rings is 1. The zero-order chi connectivity index (χ0) is 11.1. The van der Waals surface area contributed by atoms with E-state index in [1.807, 2.05) is 0 Å². The average molecular weight is 212 g/mol. The predicted molar refractivity (Wildman–Crippen MR) is 59.9 cm³/mol. The highest BCUT2D eigenvalue weighted by Gasteiger charge is 2.52. The van der Waals surface area contributed by atoms with Crippen molar-refractivity contribution < 1.29 is 9.90 Å². The van der Waals surface area contributed by atoms with Crippen molar-refractivity contribution in [1.82, 2.24) is 0 Å². The summed E-state index contributed by atoms with van der Waals surface area (Å²) >= 11 is 0. The van der Waals surface area contributed by atoms with E-state index in [2.05, 4.69) is 36.1 Å². The van der Waals surface area contributed by atoms with Crippen LogP contribution in [0.2, 0.25) is 0 Å². The van der Waals surface area contributed by atoms with Crippen LogP contribution >= 0.6 is 0 Å². The predicted octanol–water partition coefficient (Wildman–Crippen LogP) is 2.05. The highest BCUT2D eigenvalue weighted by Crippen LogP contribution is 2.59. The molecule has 1 fully saturated rings. The number of aliphatic carboxylic acids is 1. The van der Waals surface area contributed by atoms with Gasteiger partial charge in [-0.25, -0.2) is 4.79 Å². The summed E-state index contributed by atoms with van der Waals surface area (Å²) in [6.07, 6.45) is 2.27. The van der Waals surface area contributed by atoms with Crippen LogP contribution < -0.4 is 0 Å². The van der Waals surface area contributed by atoms with Gasteiger partial charge in [0.15, 0.2) is 0 Å². The maximum atomic E-state index is 10.4. The Labute approximate surface area is 94.3 Å². The van der Waals surface area contributed by atoms with E-state index in [-0.39, 0.29) is 5.92 Å². The lowest BCUT2D eigenvalue weighted by Gasteiger charge is -2.13. The summed E-state index contributed by atoms with van der Waals surface area (Å²) in [5.41, 5.74) is 2.81. The molecular weight excluding hydrogens is 200 g/mol. The van der Waals surface area contributed by atoms with Crippen LogP contribution in [0, 0.1) is 23.7 Å². The Hall–Kier alpha value is -1.75. The van der Waals surface area contributed by atoms with Crippen LogP contribution in [0.1, 0.15) is 23.5 Å². The van der Waals surface area contributed by atoms with Gasteiger partial charge in [0.25, 0.3) is 0 Å². The van der Waals surface area contributed by atoms with E-state index in [1.54, 1.807) is 0 Å². The van der Waals surface area contributed by atoms with E-state index in [0.29, 0.717) is 11.8 Å². The Morgan fingerprint density at radius 2 is 2.19 bits per heavy atom. The van der Waals surface area contributed by atoms with Crippen molar-refractivity contribution in [3.8, 4) is 11.8 Å². The largest absolute Gasteiger partial charge is 0.472 e. The Morgan fingerprint density at radius 1 is 1.38 bits per heavy atom. The van der Waals surface area contributed by atoms with Gasteiger partial charge in [0.1, 0.15) is 0 Å². The average Bonchev–Trinajstić information content (AvgIpc) is 3.00. The summed E-state index contributed by atoms with van der Waals surface area (Å²) in [7, 11) is 0. The minimum Gasteiger partial charge on any atom is -0.472 e. The molecule has 0 bridgehead atoms. The second kappa shape index (κ2) is 3.38. The summed E-state index contributed by atoms with van der Waals surface area (Å²) in [6, 6.07) is 8.46. The van der Waals surface area contributed by atoms with Crippen LogP contribution in [0.5, 0.6) is 0 Å². The molecule has 2 aliphatic carbocycles. The topological polar surface area (TPSA) is 37.3 Å². The number of aryl methyl sites for hydroxylation is 1. The molecule has 0 spiro atoms. The fourth-order valence-electron chi connectivity index (χ4n) is 2.91. The molecule has 0 radical (unpaired) electrons. The van der Waals surface area contributed by atoms with Gasteiger partial charge in [-0.05, 0) is 29.9 Å². The lowest BCUT2D eigenvalue weighted by Crippen LogP contribution is -2.00. The third-order valence-corrected chi connectivity index (χ3v) is 3.68. The van der Waals surface area contributed by atoms with Gasteiger partial charge in [-0.2, -0.15) is 0 Å². The van der Waals surface area contributed by atoms with Crippen LogP contribution in [-0.4, -0.2) is 11.1 Å². The lowest BCUT2D eigenvalue weighted by atomic mass is 9.92. The first-order valence-corrected chi connectivity index (χ1v) is 5.59. The van der Waals surface area contributed by atoms with E-state index in [1.165, 1.54) is 11.1 Å². The van der Waals surface area contributed by atoms with E-state index >= 15 is 0 Å². The van der Waals surface area contributed by atoms with Crippen molar-refractivity contribution in [3.63, 3.8) is 0 Å². The van der Waals surface area contributed by atoms with Crippen LogP contribution in [0.15, 0.2) is 24.3 Å². The number of fused-ring (bicyclic) bond motifs is 3. The molecule has 1 aromatic rings. The number of hydrogen-bond donors (Lipinski definition) is 1. The van der Waals surface area contributed by atoms with E-state index in [4.69, 9.17) is 5.11 Å². The Bertz CT molecular complexity index is 507. The van der Waals surface area contributed by atoms with Gasteiger partial charge in [-0.3, -0.25) is 0 Å². The molecule has 1 N–H and O–H groups in total. The Balaban J connectivity index is 1.88. The molecule has 0 saturated heterocycles. The number of rotatable bonds is 0. The normalized spacial score (nSPS) is 29.4. The number of carbonyl (C=O) groups is 1. The van der Waals surface area contributed by atoms with Crippen molar-refractivity contribution in [3.05, 3.63) is 35.4 Å². The van der Waals surface area contributed by atoms with Crippen LogP contribution in [0.3, 0.4) is 0 Å². The summed E-state index contributed by atoms with van der Waals surface area (Å²) < 4.78 is 0. The molecule has 3 rings (SSSR count). The van der Waals surface area contributed by atoms with Gasteiger partial charge in [-0.15, -0.1) is 0 Å². The van der Waals surface area contributed by atoms with Crippen LogP contribution in [0.25, 0.3) is 0 Å². The molecule has 0 amide bonds. The maximum absolute atomic E-state index is 10.4. The zero-order valence-electron chi connectivity index (χ0n) is 8.81. The minimum atomic E-state index is -1.02. The van der Waals surface area contributed by atoms with Crippen molar-refractivity contribution in [1.29, 1.82) is 0 Å². The molecule has 2 aliphatic rings. The molecule has 16 heavy (non-hydrogen) atoms. The molecule has 0 aliphatic heterocycles. The van der Waals surface area contributed by atoms with Crippen LogP contribution in [0.4, 0.5) is 0 Å². The second-order valence-electron chi connectivity index (χ2n) is 4.53. The first-order chi connectivity index (χ1) is 7.77. The number of carboxylic acids is 1. The molecule has 3 atom stereocenters. The van der Waals surface area contributed by atoms with E-state index in [9.17, 15) is 4.79 Å². The summed E-state index contributed by atoms with van der Waals surface area (Å²) in [6.45, 7) is 0. The van der Waals surface area contributed by atoms with Crippen molar-refractivity contribution in [2.45, 2.75) is 18.8 Å². The van der Waals surface area contributed by atoms with Gasteiger partial charge in [0, 0.05) is 17.8 Å². The first-order valence-electron chi connectivity index (χ1n) is 5.59. The summed E-state index contributed by atoms with van der Waals surface area (Å²) in [5.74, 6) is 5.51. The van der Waals surface area contributed by atoms with E-state index < -0.39 is 5.97 Å². The van der Waals surface area contributed by atoms with Gasteiger partial charge >= 0.3 is 5.97 Å². The molecule has 2 heteroatoms. The third-order valence-electron chi connectivity index (χ3n) is 3.68. The second-order valence-corrected chi connectivity index (χ2v) is 4.53. The quantitative estimate of drug-likeness (QED) is 0.668. The lowest BCUT2D eigenvalue weighted by molar-refractivity contribution is -0.130. The van der Waals surface area contributed by atoms with Crippen LogP contribution in [-0.2, 0) is 11.2 Å². The van der Waals surface area contributed by atoms with Crippen molar-refractivity contribution in [2.75, 3.05) is 0 Å². The molecular formula is C14H12O2. The van der Waals surface area contributed by atoms with Crippen molar-refractivity contribution >= 4 is 5.97 Å². The van der Waals surface area contributed by atoms with E-state index in [0.717, 1.165) is 12.8 Å². The molecule has 0 aromatic heterocycles. The van der Waals surface area contributed by atoms with Gasteiger partial charge in [0.05, 0.1) is 0 Å². The third kappa shape index (κ3) is 1.40. The molecule has 1 aromatic carbocycles. The van der Waals surface area contributed by atoms with Gasteiger partial charge in [0.2, 0.25) is 0 Å². The number of carboxylic acid groups (broad SMARTS) is 1. The smallest absolute Gasteiger partial charge is 0.381 e. The standard InChI is InChI=1S/C14H12O2/c15-13(16)8-7-12-11-6-5-9-3-1-2-4-10(9)14(11)12/h1-4,11-12,14H,5-6H2,(H,15,16). The monoisotopic (exact) mass is 212 g/mol. The maximum Gasteiger partial charge on any atom is 0.381 e. The molecule has 80 valence electrons. The molecule has 3 unspecified atom stereocenters. The SMILES string of the molecule is O=C(O)C#CC1C2CCc3ccccc3C12. The molecule has 2 nitrogen and oxygen atoms in total. The van der Waals surface area contributed by atoms with Gasteiger partial charge < -0.3 is 5.11 Å². The minimum absolute atomic E-state index is 0.278. The fraction of sp³-hybridized carbons (Fsp3) is 0.357. The molecule has 1 saturated carbocycles. The summed E-state index contributed by atoms with van der Waals surface area (Å²) in [5, 5.41) is 8.55. The first kappa shape index (κ1) is 9.47. The zero-order valence-corrected chi connectivity index (χ0v) is 8.81. The van der Waals surface area contributed by atoms with Gasteiger partial charge in [-0.1, -0.05) is 30.2 Å². The Morgan fingerprint density at radius 3 is 3.00 bits per heavy atom. The Kier molecular flexibility index (Phi) is 2.00. The highest BCUT2D eigenvalue weighted by atomic mass is 16.4. The highest BCUT2D eigenvalue weighted by molar-refractivity contribution is 5.86. The van der Waals surface area contributed by atoms with Crippen molar-refractivity contribution in [2.24, 2.45) is 11.8 Å². The number of hydrogen-bond acceptors (Lipinski definition) is 1. The molecule has 0 heterocycles.